The number of ether oxygens (including phenoxy) is 3. The Bertz CT molecular complexity index is 1520. The molecule has 0 radical (unpaired) electrons. The van der Waals surface area contributed by atoms with Gasteiger partial charge in [0, 0.05) is 86.4 Å². The molecule has 2 aromatic heterocycles. The number of methoxy groups -OCH3 is 2. The number of pyridine rings is 2. The Morgan fingerprint density at radius 2 is 1.89 bits per heavy atom. The van der Waals surface area contributed by atoms with Crippen molar-refractivity contribution in [2.24, 2.45) is 5.73 Å². The van der Waals surface area contributed by atoms with Gasteiger partial charge in [0.05, 0.1) is 42.6 Å². The number of benzene rings is 1. The van der Waals surface area contributed by atoms with E-state index in [1.165, 1.54) is 20.3 Å². The Kier molecular flexibility index (Phi) is 10.7. The zero-order valence-corrected chi connectivity index (χ0v) is 27.5. The van der Waals surface area contributed by atoms with Crippen molar-refractivity contribution in [2.75, 3.05) is 84.4 Å². The lowest BCUT2D eigenvalue weighted by atomic mass is 9.82. The maximum atomic E-state index is 12.3. The molecule has 2 aliphatic rings. The average molecular weight is 659 g/mol. The van der Waals surface area contributed by atoms with E-state index >= 15 is 0 Å². The van der Waals surface area contributed by atoms with Gasteiger partial charge in [0.15, 0.2) is 5.78 Å². The van der Waals surface area contributed by atoms with Gasteiger partial charge in [-0.1, -0.05) is 29.8 Å². The number of aromatic nitrogens is 2. The highest BCUT2D eigenvalue weighted by molar-refractivity contribution is 6.41. The number of ketones is 1. The second-order valence-corrected chi connectivity index (χ2v) is 12.4. The first-order chi connectivity index (χ1) is 21.6. The van der Waals surface area contributed by atoms with E-state index in [0.29, 0.717) is 70.6 Å². The number of nitrogens with one attached hydrogen (secondary N) is 2. The minimum Gasteiger partial charge on any atom is -0.495 e. The smallest absolute Gasteiger partial charge is 0.157 e. The number of rotatable bonds is 12. The Morgan fingerprint density at radius 1 is 1.18 bits per heavy atom. The summed E-state index contributed by atoms with van der Waals surface area (Å²) in [5.74, 6) is 1.98. The average Bonchev–Trinajstić information content (AvgIpc) is 3.03. The van der Waals surface area contributed by atoms with Crippen molar-refractivity contribution in [2.45, 2.75) is 24.4 Å². The standard InChI is InChI=1S/C32H41Cl2N7O4/c1-5-21(42)17-32(35)6-13-45-19-26(32)39-27-15-22-20(18-37-27)14-23(28-29(33)24(43-3)16-25(44-4)30(28)34)38-31(22)36-7-8-41-11-9-40(2)10-12-41/h5,14-16,18,26H,1,6-13,17,19,35H2,2-4H3,(H,36,38)(H,37,39). The van der Waals surface area contributed by atoms with Gasteiger partial charge in [0.2, 0.25) is 0 Å². The van der Waals surface area contributed by atoms with Gasteiger partial charge >= 0.3 is 0 Å². The van der Waals surface area contributed by atoms with E-state index in [2.05, 4.69) is 34.1 Å². The molecule has 2 saturated heterocycles. The topological polar surface area (TPSA) is 127 Å². The van der Waals surface area contributed by atoms with Gasteiger partial charge in [0.25, 0.3) is 0 Å². The molecule has 0 spiro atoms. The van der Waals surface area contributed by atoms with Crippen LogP contribution >= 0.6 is 23.2 Å². The molecule has 4 heterocycles. The minimum absolute atomic E-state index is 0.104. The van der Waals surface area contributed by atoms with E-state index in [4.69, 9.17) is 53.1 Å². The maximum Gasteiger partial charge on any atom is 0.157 e. The summed E-state index contributed by atoms with van der Waals surface area (Å²) in [6.45, 7) is 10.1. The molecule has 0 saturated carbocycles. The Hall–Kier alpha value is -3.19. The summed E-state index contributed by atoms with van der Waals surface area (Å²) in [7, 11) is 5.22. The molecule has 242 valence electrons. The summed E-state index contributed by atoms with van der Waals surface area (Å²) in [4.78, 5) is 26.8. The van der Waals surface area contributed by atoms with Crippen LogP contribution in [0.1, 0.15) is 12.8 Å². The molecule has 2 aliphatic heterocycles. The van der Waals surface area contributed by atoms with Crippen LogP contribution in [0.3, 0.4) is 0 Å². The van der Waals surface area contributed by atoms with Crippen LogP contribution in [0.25, 0.3) is 22.0 Å². The number of piperazine rings is 1. The maximum absolute atomic E-state index is 12.3. The predicted octanol–water partition coefficient (Wildman–Crippen LogP) is 4.32. The number of likely N-dealkylation sites (N-methyl/N-ethyl adjacent to an activating group) is 1. The third-order valence-electron chi connectivity index (χ3n) is 8.60. The molecule has 45 heavy (non-hydrogen) atoms. The first-order valence-corrected chi connectivity index (χ1v) is 15.8. The highest BCUT2D eigenvalue weighted by atomic mass is 35.5. The summed E-state index contributed by atoms with van der Waals surface area (Å²) in [5.41, 5.74) is 7.00. The zero-order chi connectivity index (χ0) is 32.1. The third kappa shape index (κ3) is 7.45. The number of nitrogens with two attached hydrogens (primary N) is 1. The van der Waals surface area contributed by atoms with E-state index in [0.717, 1.165) is 43.5 Å². The van der Waals surface area contributed by atoms with Crippen LogP contribution in [0, 0.1) is 0 Å². The van der Waals surface area contributed by atoms with Crippen LogP contribution < -0.4 is 25.8 Å². The fourth-order valence-electron chi connectivity index (χ4n) is 5.78. The first-order valence-electron chi connectivity index (χ1n) is 15.0. The fraction of sp³-hybridized carbons (Fsp3) is 0.469. The van der Waals surface area contributed by atoms with E-state index in [1.54, 1.807) is 12.3 Å². The number of anilines is 2. The lowest BCUT2D eigenvalue weighted by Crippen LogP contribution is -2.60. The van der Waals surface area contributed by atoms with E-state index in [9.17, 15) is 4.79 Å². The molecule has 2 atom stereocenters. The summed E-state index contributed by atoms with van der Waals surface area (Å²) >= 11 is 13.6. The fourth-order valence-corrected chi connectivity index (χ4v) is 6.47. The number of fused-ring (bicyclic) bond motifs is 1. The summed E-state index contributed by atoms with van der Waals surface area (Å²) in [5, 5.41) is 9.32. The molecule has 13 heteroatoms. The molecule has 0 bridgehead atoms. The normalized spacial score (nSPS) is 21.0. The van der Waals surface area contributed by atoms with E-state index < -0.39 is 5.54 Å². The lowest BCUT2D eigenvalue weighted by Gasteiger charge is -2.41. The molecule has 0 amide bonds. The molecule has 0 aliphatic carbocycles. The Balaban J connectivity index is 1.52. The van der Waals surface area contributed by atoms with Crippen molar-refractivity contribution in [3.05, 3.63) is 47.1 Å². The lowest BCUT2D eigenvalue weighted by molar-refractivity contribution is -0.116. The van der Waals surface area contributed by atoms with Crippen molar-refractivity contribution < 1.29 is 19.0 Å². The molecule has 5 rings (SSSR count). The molecular weight excluding hydrogens is 617 g/mol. The van der Waals surface area contributed by atoms with Gasteiger partial charge in [-0.15, -0.1) is 0 Å². The van der Waals surface area contributed by atoms with Crippen LogP contribution in [0.2, 0.25) is 10.0 Å². The highest BCUT2D eigenvalue weighted by Crippen LogP contribution is 2.46. The van der Waals surface area contributed by atoms with Crippen LogP contribution in [0.15, 0.2) is 37.1 Å². The number of hydrogen-bond donors (Lipinski definition) is 3. The molecule has 11 nitrogen and oxygen atoms in total. The Morgan fingerprint density at radius 3 is 2.56 bits per heavy atom. The monoisotopic (exact) mass is 657 g/mol. The highest BCUT2D eigenvalue weighted by Gasteiger charge is 2.39. The van der Waals surface area contributed by atoms with Crippen LogP contribution in [-0.2, 0) is 9.53 Å². The van der Waals surface area contributed by atoms with Crippen LogP contribution in [0.5, 0.6) is 11.5 Å². The number of halogens is 2. The molecule has 2 unspecified atom stereocenters. The number of carbonyl (C=O) groups excluding carboxylic acids is 1. The van der Waals surface area contributed by atoms with Gasteiger partial charge in [0.1, 0.15) is 23.1 Å². The molecule has 2 fully saturated rings. The number of nitrogens with zero attached hydrogens (tertiary/aromatic N) is 4. The van der Waals surface area contributed by atoms with Crippen molar-refractivity contribution in [3.8, 4) is 22.8 Å². The van der Waals surface area contributed by atoms with Crippen molar-refractivity contribution in [3.63, 3.8) is 0 Å². The number of hydrogen-bond acceptors (Lipinski definition) is 11. The van der Waals surface area contributed by atoms with Gasteiger partial charge < -0.3 is 35.5 Å². The van der Waals surface area contributed by atoms with E-state index in [1.807, 2.05) is 12.1 Å². The van der Waals surface area contributed by atoms with E-state index in [-0.39, 0.29) is 18.2 Å². The molecule has 1 aromatic carbocycles. The summed E-state index contributed by atoms with van der Waals surface area (Å²) in [6, 6.07) is 5.15. The van der Waals surface area contributed by atoms with Crippen LogP contribution in [-0.4, -0.2) is 111 Å². The second kappa shape index (κ2) is 14.5. The molecule has 4 N–H and O–H groups in total. The SMILES string of the molecule is C=CC(=O)CC1(N)CCOCC1Nc1cc2c(NCCN3CCN(C)CC3)nc(-c3c(Cl)c(OC)cc(OC)c3Cl)cc2cn1. The Labute approximate surface area is 274 Å². The minimum atomic E-state index is -0.801. The summed E-state index contributed by atoms with van der Waals surface area (Å²) in [6.07, 6.45) is 3.79. The predicted molar refractivity (Wildman–Crippen MR) is 180 cm³/mol. The van der Waals surface area contributed by atoms with Crippen molar-refractivity contribution in [1.29, 1.82) is 0 Å². The molecule has 3 aromatic rings. The largest absolute Gasteiger partial charge is 0.495 e. The van der Waals surface area contributed by atoms with Gasteiger partial charge in [-0.25, -0.2) is 9.97 Å². The summed E-state index contributed by atoms with van der Waals surface area (Å²) < 4.78 is 16.7. The van der Waals surface area contributed by atoms with Gasteiger partial charge in [-0.3, -0.25) is 9.69 Å². The van der Waals surface area contributed by atoms with Gasteiger partial charge in [-0.2, -0.15) is 0 Å². The quantitative estimate of drug-likeness (QED) is 0.241. The van der Waals surface area contributed by atoms with Crippen LogP contribution in [0.4, 0.5) is 11.6 Å². The second-order valence-electron chi connectivity index (χ2n) is 11.6. The van der Waals surface area contributed by atoms with Crippen molar-refractivity contribution in [1.82, 2.24) is 19.8 Å². The van der Waals surface area contributed by atoms with Crippen molar-refractivity contribution >= 4 is 51.4 Å². The zero-order valence-electron chi connectivity index (χ0n) is 26.0. The number of allylic oxidation sites excluding steroid dienone is 1. The third-order valence-corrected chi connectivity index (χ3v) is 9.35. The number of carbonyl (C=O) groups is 1. The van der Waals surface area contributed by atoms with Gasteiger partial charge in [-0.05, 0) is 31.7 Å². The molecular formula is C32H41Cl2N7O4. The first kappa shape index (κ1) is 33.2.